The fraction of sp³-hybridized carbons (Fsp3) is 0.188. The average molecular weight is 299 g/mol. The Kier molecular flexibility index (Phi) is 3.58. The summed E-state index contributed by atoms with van der Waals surface area (Å²) in [7, 11) is 0. The van der Waals surface area contributed by atoms with Crippen LogP contribution in [0.3, 0.4) is 0 Å². The fourth-order valence-corrected chi connectivity index (χ4v) is 2.46. The lowest BCUT2D eigenvalue weighted by Crippen LogP contribution is -2.40. The van der Waals surface area contributed by atoms with Crippen molar-refractivity contribution >= 4 is 11.0 Å². The lowest BCUT2D eigenvalue weighted by atomic mass is 10.2. The summed E-state index contributed by atoms with van der Waals surface area (Å²) >= 11 is 0. The molecule has 0 saturated carbocycles. The number of aryl methyl sites for hydroxylation is 1. The zero-order chi connectivity index (χ0) is 15.7. The van der Waals surface area contributed by atoms with Crippen LogP contribution < -0.4 is 11.2 Å². The summed E-state index contributed by atoms with van der Waals surface area (Å²) in [5.41, 5.74) is 0.631. The van der Waals surface area contributed by atoms with Crippen LogP contribution in [-0.2, 0) is 13.1 Å². The molecule has 1 aromatic carbocycles. The van der Waals surface area contributed by atoms with E-state index >= 15 is 0 Å². The van der Waals surface area contributed by atoms with Gasteiger partial charge in [-0.05, 0) is 36.8 Å². The Morgan fingerprint density at radius 2 is 1.82 bits per heavy atom. The van der Waals surface area contributed by atoms with Crippen molar-refractivity contribution < 1.29 is 4.39 Å². The predicted molar refractivity (Wildman–Crippen MR) is 81.4 cm³/mol. The van der Waals surface area contributed by atoms with Crippen LogP contribution in [0.5, 0.6) is 0 Å². The van der Waals surface area contributed by atoms with E-state index in [2.05, 4.69) is 4.98 Å². The van der Waals surface area contributed by atoms with Crippen LogP contribution in [0, 0.1) is 5.82 Å². The summed E-state index contributed by atoms with van der Waals surface area (Å²) in [6.45, 7) is 2.36. The second-order valence-electron chi connectivity index (χ2n) is 4.92. The van der Waals surface area contributed by atoms with Crippen molar-refractivity contribution in [3.05, 3.63) is 74.8 Å². The van der Waals surface area contributed by atoms with Crippen molar-refractivity contribution in [3.63, 3.8) is 0 Å². The average Bonchev–Trinajstić information content (AvgIpc) is 2.54. The molecule has 0 aliphatic heterocycles. The number of halogens is 1. The highest BCUT2D eigenvalue weighted by molar-refractivity contribution is 5.73. The summed E-state index contributed by atoms with van der Waals surface area (Å²) in [5, 5.41) is 0. The third kappa shape index (κ3) is 2.32. The van der Waals surface area contributed by atoms with Crippen molar-refractivity contribution in [2.75, 3.05) is 0 Å². The molecule has 0 atom stereocenters. The molecule has 2 aromatic heterocycles. The maximum absolute atomic E-state index is 13.0. The largest absolute Gasteiger partial charge is 0.331 e. The van der Waals surface area contributed by atoms with Crippen molar-refractivity contribution in [1.82, 2.24) is 14.1 Å². The molecule has 112 valence electrons. The van der Waals surface area contributed by atoms with E-state index < -0.39 is 11.2 Å². The maximum Gasteiger partial charge on any atom is 0.331 e. The summed E-state index contributed by atoms with van der Waals surface area (Å²) in [4.78, 5) is 29.1. The van der Waals surface area contributed by atoms with Crippen molar-refractivity contribution in [2.45, 2.75) is 20.0 Å². The van der Waals surface area contributed by atoms with Gasteiger partial charge in [0.25, 0.3) is 5.56 Å². The monoisotopic (exact) mass is 299 g/mol. The van der Waals surface area contributed by atoms with E-state index in [4.69, 9.17) is 0 Å². The molecule has 22 heavy (non-hydrogen) atoms. The number of hydrogen-bond donors (Lipinski definition) is 0. The molecule has 6 heteroatoms. The summed E-state index contributed by atoms with van der Waals surface area (Å²) in [6.07, 6.45) is 1.52. The molecule has 0 N–H and O–H groups in total. The molecule has 2 heterocycles. The minimum Gasteiger partial charge on any atom is -0.292 e. The van der Waals surface area contributed by atoms with Crippen LogP contribution in [0.15, 0.2) is 52.2 Å². The Morgan fingerprint density at radius 1 is 1.09 bits per heavy atom. The minimum absolute atomic E-state index is 0.0878. The van der Waals surface area contributed by atoms with Crippen LogP contribution in [-0.4, -0.2) is 14.1 Å². The molecule has 0 fully saturated rings. The minimum atomic E-state index is -0.436. The van der Waals surface area contributed by atoms with Gasteiger partial charge in [0.05, 0.1) is 12.1 Å². The number of rotatable bonds is 3. The second-order valence-corrected chi connectivity index (χ2v) is 4.92. The second kappa shape index (κ2) is 5.55. The van der Waals surface area contributed by atoms with Crippen LogP contribution in [0.2, 0.25) is 0 Å². The molecule has 0 spiro atoms. The highest BCUT2D eigenvalue weighted by atomic mass is 19.1. The number of pyridine rings is 1. The summed E-state index contributed by atoms with van der Waals surface area (Å²) in [5.74, 6) is -0.359. The van der Waals surface area contributed by atoms with E-state index in [0.717, 1.165) is 4.57 Å². The lowest BCUT2D eigenvalue weighted by Gasteiger charge is -2.12. The molecule has 5 nitrogen and oxygen atoms in total. The van der Waals surface area contributed by atoms with E-state index in [1.54, 1.807) is 24.3 Å². The Labute approximate surface area is 125 Å². The number of aromatic nitrogens is 3. The standard InChI is InChI=1S/C16H14FN3O2/c1-2-19-13-4-3-9-18-14(13)15(21)20(16(19)22)10-11-5-7-12(17)8-6-11/h3-9H,2,10H2,1H3. The first-order valence-corrected chi connectivity index (χ1v) is 6.94. The van der Waals surface area contributed by atoms with Gasteiger partial charge < -0.3 is 0 Å². The molecule has 0 aliphatic carbocycles. The maximum atomic E-state index is 13.0. The zero-order valence-electron chi connectivity index (χ0n) is 12.0. The van der Waals surface area contributed by atoms with Crippen LogP contribution >= 0.6 is 0 Å². The van der Waals surface area contributed by atoms with E-state index in [-0.39, 0.29) is 17.9 Å². The van der Waals surface area contributed by atoms with Crippen molar-refractivity contribution in [1.29, 1.82) is 0 Å². The van der Waals surface area contributed by atoms with Gasteiger partial charge in [-0.25, -0.2) is 14.2 Å². The number of benzene rings is 1. The smallest absolute Gasteiger partial charge is 0.292 e. The Bertz CT molecular complexity index is 942. The van der Waals surface area contributed by atoms with Gasteiger partial charge in [-0.3, -0.25) is 13.9 Å². The fourth-order valence-electron chi connectivity index (χ4n) is 2.46. The highest BCUT2D eigenvalue weighted by Gasteiger charge is 2.13. The van der Waals surface area contributed by atoms with Crippen molar-refractivity contribution in [2.24, 2.45) is 0 Å². The number of nitrogens with zero attached hydrogens (tertiary/aromatic N) is 3. The quantitative estimate of drug-likeness (QED) is 0.740. The Hall–Kier alpha value is -2.76. The van der Waals surface area contributed by atoms with E-state index in [1.165, 1.54) is 22.9 Å². The third-order valence-electron chi connectivity index (χ3n) is 3.56. The van der Waals surface area contributed by atoms with E-state index in [0.29, 0.717) is 17.6 Å². The normalized spacial score (nSPS) is 11.0. The van der Waals surface area contributed by atoms with Crippen LogP contribution in [0.4, 0.5) is 4.39 Å². The van der Waals surface area contributed by atoms with Crippen LogP contribution in [0.25, 0.3) is 11.0 Å². The van der Waals surface area contributed by atoms with Gasteiger partial charge in [-0.2, -0.15) is 0 Å². The molecule has 3 rings (SSSR count). The molecule has 0 bridgehead atoms. The number of hydrogen-bond acceptors (Lipinski definition) is 3. The van der Waals surface area contributed by atoms with Gasteiger partial charge in [0.15, 0.2) is 5.52 Å². The predicted octanol–water partition coefficient (Wildman–Crippen LogP) is 1.77. The van der Waals surface area contributed by atoms with E-state index in [1.807, 2.05) is 6.92 Å². The molecule has 3 aromatic rings. The molecule has 0 aliphatic rings. The number of fused-ring (bicyclic) bond motifs is 1. The van der Waals surface area contributed by atoms with Gasteiger partial charge in [-0.15, -0.1) is 0 Å². The summed E-state index contributed by atoms with van der Waals surface area (Å²) in [6, 6.07) is 9.12. The first kappa shape index (κ1) is 14.2. The molecular formula is C16H14FN3O2. The van der Waals surface area contributed by atoms with Gasteiger partial charge in [0.2, 0.25) is 0 Å². The molecule has 0 unspecified atom stereocenters. The van der Waals surface area contributed by atoms with Gasteiger partial charge in [0.1, 0.15) is 5.82 Å². The molecular weight excluding hydrogens is 285 g/mol. The first-order chi connectivity index (χ1) is 10.6. The lowest BCUT2D eigenvalue weighted by molar-refractivity contribution is 0.614. The Morgan fingerprint density at radius 3 is 2.50 bits per heavy atom. The Balaban J connectivity index is 2.23. The zero-order valence-corrected chi connectivity index (χ0v) is 12.0. The van der Waals surface area contributed by atoms with Gasteiger partial charge in [0, 0.05) is 12.7 Å². The SMILES string of the molecule is CCn1c(=O)n(Cc2ccc(F)cc2)c(=O)c2ncccc21. The molecule has 0 amide bonds. The molecule has 0 radical (unpaired) electrons. The van der Waals surface area contributed by atoms with Gasteiger partial charge in [-0.1, -0.05) is 12.1 Å². The van der Waals surface area contributed by atoms with E-state index in [9.17, 15) is 14.0 Å². The first-order valence-electron chi connectivity index (χ1n) is 6.94. The van der Waals surface area contributed by atoms with Crippen LogP contribution in [0.1, 0.15) is 12.5 Å². The van der Waals surface area contributed by atoms with Gasteiger partial charge >= 0.3 is 5.69 Å². The van der Waals surface area contributed by atoms with Crippen molar-refractivity contribution in [3.8, 4) is 0 Å². The topological polar surface area (TPSA) is 56.9 Å². The highest BCUT2D eigenvalue weighted by Crippen LogP contribution is 2.06. The third-order valence-corrected chi connectivity index (χ3v) is 3.56. The summed E-state index contributed by atoms with van der Waals surface area (Å²) < 4.78 is 15.6. The molecule has 0 saturated heterocycles.